The summed E-state index contributed by atoms with van der Waals surface area (Å²) in [4.78, 5) is 20.7. The van der Waals surface area contributed by atoms with E-state index in [1.165, 1.54) is 13.0 Å². The molecule has 0 radical (unpaired) electrons. The second kappa shape index (κ2) is 4.88. The van der Waals surface area contributed by atoms with Crippen molar-refractivity contribution >= 4 is 27.6 Å². The molecule has 0 saturated carbocycles. The lowest BCUT2D eigenvalue weighted by molar-refractivity contribution is -0.385. The first kappa shape index (κ1) is 11.6. The van der Waals surface area contributed by atoms with Crippen LogP contribution in [0.4, 0.5) is 5.69 Å². The van der Waals surface area contributed by atoms with Crippen LogP contribution in [-0.2, 0) is 16.1 Å². The number of rotatable bonds is 3. The highest BCUT2D eigenvalue weighted by Gasteiger charge is 2.14. The zero-order valence-corrected chi connectivity index (χ0v) is 9.48. The normalized spacial score (nSPS) is 9.73. The molecule has 1 aromatic rings. The summed E-state index contributed by atoms with van der Waals surface area (Å²) >= 11 is 3.19. The molecule has 80 valence electrons. The summed E-state index contributed by atoms with van der Waals surface area (Å²) < 4.78 is 5.41. The maximum absolute atomic E-state index is 10.6. The van der Waals surface area contributed by atoms with Gasteiger partial charge in [0.1, 0.15) is 6.61 Å². The van der Waals surface area contributed by atoms with Crippen LogP contribution in [0.25, 0.3) is 0 Å². The number of carbonyl (C=O) groups excluding carboxylic acids is 1. The third-order valence-electron chi connectivity index (χ3n) is 1.67. The SMILES string of the molecule is CC(=O)OCc1cc(Br)ccc1[N+](=O)[O-]. The number of esters is 1. The highest BCUT2D eigenvalue weighted by Crippen LogP contribution is 2.23. The van der Waals surface area contributed by atoms with Gasteiger partial charge in [-0.3, -0.25) is 14.9 Å². The molecule has 0 aliphatic heterocycles. The predicted octanol–water partition coefficient (Wildman–Crippen LogP) is 2.42. The second-order valence-corrected chi connectivity index (χ2v) is 3.73. The zero-order chi connectivity index (χ0) is 11.4. The van der Waals surface area contributed by atoms with Crippen molar-refractivity contribution in [2.24, 2.45) is 0 Å². The molecule has 0 N–H and O–H groups in total. The molecule has 0 saturated heterocycles. The molecule has 0 spiro atoms. The molecule has 0 bridgehead atoms. The maximum atomic E-state index is 10.6. The van der Waals surface area contributed by atoms with E-state index < -0.39 is 10.9 Å². The van der Waals surface area contributed by atoms with Crippen molar-refractivity contribution in [3.8, 4) is 0 Å². The number of nitro groups is 1. The van der Waals surface area contributed by atoms with Gasteiger partial charge < -0.3 is 4.74 Å². The number of ether oxygens (including phenoxy) is 1. The van der Waals surface area contributed by atoms with E-state index in [1.54, 1.807) is 12.1 Å². The van der Waals surface area contributed by atoms with Crippen molar-refractivity contribution in [2.75, 3.05) is 0 Å². The third kappa shape index (κ3) is 3.32. The minimum absolute atomic E-state index is 0.0561. The molecule has 5 nitrogen and oxygen atoms in total. The molecule has 0 aliphatic carbocycles. The molecule has 0 aromatic heterocycles. The van der Waals surface area contributed by atoms with E-state index >= 15 is 0 Å². The highest BCUT2D eigenvalue weighted by atomic mass is 79.9. The van der Waals surface area contributed by atoms with E-state index in [0.717, 1.165) is 0 Å². The molecule has 0 fully saturated rings. The summed E-state index contributed by atoms with van der Waals surface area (Å²) in [5.41, 5.74) is 0.309. The van der Waals surface area contributed by atoms with Crippen LogP contribution < -0.4 is 0 Å². The van der Waals surface area contributed by atoms with E-state index in [9.17, 15) is 14.9 Å². The fourth-order valence-corrected chi connectivity index (χ4v) is 1.44. The van der Waals surface area contributed by atoms with Crippen LogP contribution in [0.5, 0.6) is 0 Å². The number of benzene rings is 1. The van der Waals surface area contributed by atoms with Gasteiger partial charge in [0.25, 0.3) is 5.69 Å². The topological polar surface area (TPSA) is 69.4 Å². The number of carbonyl (C=O) groups is 1. The van der Waals surface area contributed by atoms with Crippen molar-refractivity contribution < 1.29 is 14.5 Å². The van der Waals surface area contributed by atoms with Crippen molar-refractivity contribution in [2.45, 2.75) is 13.5 Å². The van der Waals surface area contributed by atoms with Crippen molar-refractivity contribution in [3.05, 3.63) is 38.3 Å². The monoisotopic (exact) mass is 273 g/mol. The largest absolute Gasteiger partial charge is 0.461 e. The van der Waals surface area contributed by atoms with Crippen molar-refractivity contribution in [1.82, 2.24) is 0 Å². The molecule has 0 heterocycles. The average molecular weight is 274 g/mol. The summed E-state index contributed by atoms with van der Waals surface area (Å²) in [6.45, 7) is 1.16. The molecular formula is C9H8BrNO4. The molecule has 1 aromatic carbocycles. The Hall–Kier alpha value is -1.43. The lowest BCUT2D eigenvalue weighted by Gasteiger charge is -2.03. The third-order valence-corrected chi connectivity index (χ3v) is 2.16. The van der Waals surface area contributed by atoms with E-state index in [4.69, 9.17) is 4.74 Å². The van der Waals surface area contributed by atoms with Gasteiger partial charge in [-0.2, -0.15) is 0 Å². The average Bonchev–Trinajstić information content (AvgIpc) is 2.14. The number of nitro benzene ring substituents is 1. The van der Waals surface area contributed by atoms with E-state index in [-0.39, 0.29) is 12.3 Å². The van der Waals surface area contributed by atoms with Gasteiger partial charge in [0.05, 0.1) is 10.5 Å². The molecule has 0 atom stereocenters. The minimum Gasteiger partial charge on any atom is -0.461 e. The molecule has 15 heavy (non-hydrogen) atoms. The van der Waals surface area contributed by atoms with Gasteiger partial charge in [0, 0.05) is 17.5 Å². The number of hydrogen-bond donors (Lipinski definition) is 0. The Bertz CT molecular complexity index is 405. The predicted molar refractivity (Wildman–Crippen MR) is 56.3 cm³/mol. The lowest BCUT2D eigenvalue weighted by Crippen LogP contribution is -2.02. The van der Waals surface area contributed by atoms with Gasteiger partial charge in [-0.1, -0.05) is 15.9 Å². The standard InChI is InChI=1S/C9H8BrNO4/c1-6(12)15-5-7-4-8(10)2-3-9(7)11(13)14/h2-4H,5H2,1H3. The van der Waals surface area contributed by atoms with E-state index in [2.05, 4.69) is 15.9 Å². The van der Waals surface area contributed by atoms with Crippen molar-refractivity contribution in [1.29, 1.82) is 0 Å². The van der Waals surface area contributed by atoms with Gasteiger partial charge in [-0.05, 0) is 12.1 Å². The molecule has 0 amide bonds. The lowest BCUT2D eigenvalue weighted by atomic mass is 10.2. The van der Waals surface area contributed by atoms with Crippen LogP contribution in [0, 0.1) is 10.1 Å². The number of hydrogen-bond acceptors (Lipinski definition) is 4. The Labute approximate surface area is 94.3 Å². The maximum Gasteiger partial charge on any atom is 0.302 e. The molecule has 0 unspecified atom stereocenters. The summed E-state index contributed by atoms with van der Waals surface area (Å²) in [6.07, 6.45) is 0. The Morgan fingerprint density at radius 3 is 2.80 bits per heavy atom. The Morgan fingerprint density at radius 2 is 2.27 bits per heavy atom. The first-order valence-electron chi connectivity index (χ1n) is 4.07. The van der Waals surface area contributed by atoms with Crippen LogP contribution in [0.1, 0.15) is 12.5 Å². The van der Waals surface area contributed by atoms with Crippen LogP contribution >= 0.6 is 15.9 Å². The quantitative estimate of drug-likeness (QED) is 0.482. The summed E-state index contributed by atoms with van der Waals surface area (Å²) in [6, 6.07) is 4.49. The molecular weight excluding hydrogens is 266 g/mol. The molecule has 6 heteroatoms. The fourth-order valence-electron chi connectivity index (χ4n) is 1.03. The smallest absolute Gasteiger partial charge is 0.302 e. The summed E-state index contributed by atoms with van der Waals surface area (Å²) in [5, 5.41) is 10.6. The second-order valence-electron chi connectivity index (χ2n) is 2.81. The first-order chi connectivity index (χ1) is 7.00. The van der Waals surface area contributed by atoms with Gasteiger partial charge in [0.15, 0.2) is 0 Å². The fraction of sp³-hybridized carbons (Fsp3) is 0.222. The van der Waals surface area contributed by atoms with Gasteiger partial charge in [-0.15, -0.1) is 0 Å². The summed E-state index contributed by atoms with van der Waals surface area (Å²) in [5.74, 6) is -0.468. The highest BCUT2D eigenvalue weighted by molar-refractivity contribution is 9.10. The Morgan fingerprint density at radius 1 is 1.60 bits per heavy atom. The molecule has 1 rings (SSSR count). The van der Waals surface area contributed by atoms with Crippen LogP contribution in [0.3, 0.4) is 0 Å². The van der Waals surface area contributed by atoms with Gasteiger partial charge in [0.2, 0.25) is 0 Å². The first-order valence-corrected chi connectivity index (χ1v) is 4.86. The Balaban J connectivity index is 2.96. The number of halogens is 1. The van der Waals surface area contributed by atoms with Crippen LogP contribution in [-0.4, -0.2) is 10.9 Å². The van der Waals surface area contributed by atoms with Crippen LogP contribution in [0.2, 0.25) is 0 Å². The summed E-state index contributed by atoms with van der Waals surface area (Å²) in [7, 11) is 0. The minimum atomic E-state index is -0.509. The number of nitrogens with zero attached hydrogens (tertiary/aromatic N) is 1. The van der Waals surface area contributed by atoms with Crippen LogP contribution in [0.15, 0.2) is 22.7 Å². The molecule has 0 aliphatic rings. The van der Waals surface area contributed by atoms with Gasteiger partial charge in [-0.25, -0.2) is 0 Å². The van der Waals surface area contributed by atoms with E-state index in [1.807, 2.05) is 0 Å². The van der Waals surface area contributed by atoms with E-state index in [0.29, 0.717) is 10.0 Å². The zero-order valence-electron chi connectivity index (χ0n) is 7.90. The Kier molecular flexibility index (Phi) is 3.79. The van der Waals surface area contributed by atoms with Gasteiger partial charge >= 0.3 is 5.97 Å². The van der Waals surface area contributed by atoms with Crippen molar-refractivity contribution in [3.63, 3.8) is 0 Å².